The van der Waals surface area contributed by atoms with Gasteiger partial charge < -0.3 is 10.4 Å². The van der Waals surface area contributed by atoms with Crippen molar-refractivity contribution < 1.29 is 5.11 Å². The molecule has 0 aliphatic heterocycles. The van der Waals surface area contributed by atoms with Crippen molar-refractivity contribution in [3.63, 3.8) is 0 Å². The normalized spacial score (nSPS) is 11.7. The zero-order valence-electron chi connectivity index (χ0n) is 10.3. The lowest BCUT2D eigenvalue weighted by Gasteiger charge is -2.17. The topological polar surface area (TPSA) is 68.9 Å². The van der Waals surface area contributed by atoms with Crippen molar-refractivity contribution in [3.05, 3.63) is 57.7 Å². The number of hydrogen-bond acceptors (Lipinski definition) is 4. The van der Waals surface area contributed by atoms with Crippen molar-refractivity contribution in [2.24, 2.45) is 0 Å². The second-order valence-corrected chi connectivity index (χ2v) is 4.91. The highest BCUT2D eigenvalue weighted by atomic mass is 35.5. The van der Waals surface area contributed by atoms with Gasteiger partial charge in [0.2, 0.25) is 0 Å². The fraction of sp³-hybridized carbons (Fsp3) is 0.143. The molecule has 0 saturated carbocycles. The van der Waals surface area contributed by atoms with Crippen LogP contribution in [0.25, 0.3) is 0 Å². The fourth-order valence-electron chi connectivity index (χ4n) is 1.71. The van der Waals surface area contributed by atoms with Crippen LogP contribution in [0.5, 0.6) is 0 Å². The van der Waals surface area contributed by atoms with Gasteiger partial charge in [-0.05, 0) is 29.8 Å². The third kappa shape index (κ3) is 3.40. The molecule has 1 aromatic carbocycles. The predicted molar refractivity (Wildman–Crippen MR) is 78.9 cm³/mol. The molecule has 0 aliphatic rings. The first-order valence-corrected chi connectivity index (χ1v) is 6.59. The number of anilines is 1. The number of pyridine rings is 1. The summed E-state index contributed by atoms with van der Waals surface area (Å²) in [6, 6.07) is 11.9. The molecule has 1 unspecified atom stereocenters. The van der Waals surface area contributed by atoms with Crippen LogP contribution in [-0.4, -0.2) is 16.7 Å². The van der Waals surface area contributed by atoms with Crippen LogP contribution in [-0.2, 0) is 0 Å². The molecular formula is C14H11Cl2N3O. The SMILES string of the molecule is N#Cc1nc(NC(CO)c2ccc(Cl)cc2)ccc1Cl. The van der Waals surface area contributed by atoms with Gasteiger partial charge in [0.1, 0.15) is 11.9 Å². The van der Waals surface area contributed by atoms with Gasteiger partial charge in [-0.1, -0.05) is 35.3 Å². The van der Waals surface area contributed by atoms with Gasteiger partial charge in [0.25, 0.3) is 0 Å². The molecule has 0 spiro atoms. The van der Waals surface area contributed by atoms with Crippen molar-refractivity contribution in [2.75, 3.05) is 11.9 Å². The van der Waals surface area contributed by atoms with Crippen molar-refractivity contribution in [1.29, 1.82) is 5.26 Å². The number of hydrogen-bond donors (Lipinski definition) is 2. The third-order valence-electron chi connectivity index (χ3n) is 2.73. The van der Waals surface area contributed by atoms with Crippen LogP contribution in [0.4, 0.5) is 5.82 Å². The molecule has 20 heavy (non-hydrogen) atoms. The maximum absolute atomic E-state index is 9.48. The molecule has 0 fully saturated rings. The molecule has 1 aromatic heterocycles. The molecule has 0 aliphatic carbocycles. The first kappa shape index (κ1) is 14.6. The summed E-state index contributed by atoms with van der Waals surface area (Å²) in [7, 11) is 0. The molecule has 1 atom stereocenters. The summed E-state index contributed by atoms with van der Waals surface area (Å²) in [6.45, 7) is -0.117. The van der Waals surface area contributed by atoms with Crippen LogP contribution in [0, 0.1) is 11.3 Å². The smallest absolute Gasteiger partial charge is 0.161 e. The highest BCUT2D eigenvalue weighted by molar-refractivity contribution is 6.31. The summed E-state index contributed by atoms with van der Waals surface area (Å²) in [5, 5.41) is 22.3. The van der Waals surface area contributed by atoms with Crippen LogP contribution in [0.2, 0.25) is 10.0 Å². The molecule has 6 heteroatoms. The van der Waals surface area contributed by atoms with E-state index in [2.05, 4.69) is 10.3 Å². The molecule has 2 N–H and O–H groups in total. The molecule has 0 bridgehead atoms. The Kier molecular flexibility index (Phi) is 4.80. The number of halogens is 2. The fourth-order valence-corrected chi connectivity index (χ4v) is 1.98. The Morgan fingerprint density at radius 2 is 1.90 bits per heavy atom. The minimum atomic E-state index is -0.340. The highest BCUT2D eigenvalue weighted by Crippen LogP contribution is 2.22. The molecule has 0 amide bonds. The minimum absolute atomic E-state index is 0.117. The Bertz CT molecular complexity index is 638. The van der Waals surface area contributed by atoms with Crippen LogP contribution in [0.1, 0.15) is 17.3 Å². The van der Waals surface area contributed by atoms with E-state index in [0.29, 0.717) is 15.9 Å². The molecule has 0 saturated heterocycles. The summed E-state index contributed by atoms with van der Waals surface area (Å²) in [5.41, 5.74) is 1.01. The molecule has 102 valence electrons. The van der Waals surface area contributed by atoms with E-state index in [4.69, 9.17) is 28.5 Å². The van der Waals surface area contributed by atoms with Gasteiger partial charge in [0, 0.05) is 5.02 Å². The molecule has 4 nitrogen and oxygen atoms in total. The number of aliphatic hydroxyl groups is 1. The summed E-state index contributed by atoms with van der Waals surface area (Å²) in [5.74, 6) is 0.472. The summed E-state index contributed by atoms with van der Waals surface area (Å²) in [6.07, 6.45) is 0. The maximum Gasteiger partial charge on any atom is 0.161 e. The second kappa shape index (κ2) is 6.58. The molecular weight excluding hydrogens is 297 g/mol. The standard InChI is InChI=1S/C14H11Cl2N3O/c15-10-3-1-9(2-4-10)13(8-20)19-14-6-5-11(16)12(7-17)18-14/h1-6,13,20H,8H2,(H,18,19). The average molecular weight is 308 g/mol. The van der Waals surface area contributed by atoms with Gasteiger partial charge in [-0.15, -0.1) is 0 Å². The van der Waals surface area contributed by atoms with Gasteiger partial charge in [0.15, 0.2) is 5.69 Å². The van der Waals surface area contributed by atoms with Crippen molar-refractivity contribution >= 4 is 29.0 Å². The number of rotatable bonds is 4. The second-order valence-electron chi connectivity index (χ2n) is 4.07. The number of benzene rings is 1. The Hall–Kier alpha value is -1.80. The van der Waals surface area contributed by atoms with Crippen molar-refractivity contribution in [1.82, 2.24) is 4.98 Å². The van der Waals surface area contributed by atoms with E-state index in [0.717, 1.165) is 5.56 Å². The van der Waals surface area contributed by atoms with Crippen molar-refractivity contribution in [3.8, 4) is 6.07 Å². The Morgan fingerprint density at radius 1 is 1.20 bits per heavy atom. The Labute approximate surface area is 126 Å². The monoisotopic (exact) mass is 307 g/mol. The van der Waals surface area contributed by atoms with Gasteiger partial charge in [-0.2, -0.15) is 5.26 Å². The number of aliphatic hydroxyl groups excluding tert-OH is 1. The van der Waals surface area contributed by atoms with Crippen LogP contribution in [0.3, 0.4) is 0 Å². The van der Waals surface area contributed by atoms with Gasteiger partial charge in [0.05, 0.1) is 17.7 Å². The van der Waals surface area contributed by atoms with E-state index in [1.165, 1.54) is 0 Å². The first-order valence-electron chi connectivity index (χ1n) is 5.83. The van der Waals surface area contributed by atoms with Crippen LogP contribution >= 0.6 is 23.2 Å². The lowest BCUT2D eigenvalue weighted by Crippen LogP contribution is -2.15. The van der Waals surface area contributed by atoms with Crippen molar-refractivity contribution in [2.45, 2.75) is 6.04 Å². The van der Waals surface area contributed by atoms with Gasteiger partial charge in [-0.25, -0.2) is 4.98 Å². The summed E-state index contributed by atoms with van der Waals surface area (Å²) < 4.78 is 0. The Balaban J connectivity index is 2.22. The zero-order chi connectivity index (χ0) is 14.5. The molecule has 0 radical (unpaired) electrons. The largest absolute Gasteiger partial charge is 0.394 e. The quantitative estimate of drug-likeness (QED) is 0.908. The average Bonchev–Trinajstić information content (AvgIpc) is 2.47. The third-order valence-corrected chi connectivity index (χ3v) is 3.29. The van der Waals surface area contributed by atoms with Gasteiger partial charge >= 0.3 is 0 Å². The Morgan fingerprint density at radius 3 is 2.50 bits per heavy atom. The minimum Gasteiger partial charge on any atom is -0.394 e. The number of nitrogens with zero attached hydrogens (tertiary/aromatic N) is 2. The predicted octanol–water partition coefficient (Wildman–Crippen LogP) is 3.41. The van der Waals surface area contributed by atoms with Crippen LogP contribution < -0.4 is 5.32 Å². The van der Waals surface area contributed by atoms with E-state index in [-0.39, 0.29) is 18.3 Å². The number of nitriles is 1. The number of aromatic nitrogens is 1. The molecule has 1 heterocycles. The summed E-state index contributed by atoms with van der Waals surface area (Å²) >= 11 is 11.7. The van der Waals surface area contributed by atoms with E-state index >= 15 is 0 Å². The number of nitrogens with one attached hydrogen (secondary N) is 1. The molecule has 2 aromatic rings. The maximum atomic E-state index is 9.48. The van der Waals surface area contributed by atoms with E-state index in [1.807, 2.05) is 18.2 Å². The lowest BCUT2D eigenvalue weighted by atomic mass is 10.1. The first-order chi connectivity index (χ1) is 9.63. The van der Waals surface area contributed by atoms with Crippen LogP contribution in [0.15, 0.2) is 36.4 Å². The molecule has 2 rings (SSSR count). The highest BCUT2D eigenvalue weighted by Gasteiger charge is 2.12. The van der Waals surface area contributed by atoms with E-state index in [9.17, 15) is 5.11 Å². The van der Waals surface area contributed by atoms with E-state index < -0.39 is 0 Å². The van der Waals surface area contributed by atoms with E-state index in [1.54, 1.807) is 24.3 Å². The zero-order valence-corrected chi connectivity index (χ0v) is 11.9. The lowest BCUT2D eigenvalue weighted by molar-refractivity contribution is 0.276. The van der Waals surface area contributed by atoms with Gasteiger partial charge in [-0.3, -0.25) is 0 Å². The summed E-state index contributed by atoms with van der Waals surface area (Å²) in [4.78, 5) is 4.08.